The van der Waals surface area contributed by atoms with Crippen LogP contribution in [-0.2, 0) is 16.6 Å². The van der Waals surface area contributed by atoms with E-state index in [0.29, 0.717) is 17.4 Å². The number of rotatable bonds is 5. The molecule has 0 amide bonds. The van der Waals surface area contributed by atoms with Gasteiger partial charge in [0.2, 0.25) is 0 Å². The highest BCUT2D eigenvalue weighted by Crippen LogP contribution is 2.13. The molecule has 0 aliphatic rings. The maximum atomic E-state index is 13.1. The fourth-order valence-electron chi connectivity index (χ4n) is 1.43. The summed E-state index contributed by atoms with van der Waals surface area (Å²) in [5.41, 5.74) is 0.771. The van der Waals surface area contributed by atoms with Crippen LogP contribution in [0.25, 0.3) is 0 Å². The second-order valence-corrected chi connectivity index (χ2v) is 5.69. The molecule has 1 aromatic rings. The van der Waals surface area contributed by atoms with E-state index in [1.54, 1.807) is 12.1 Å². The van der Waals surface area contributed by atoms with Gasteiger partial charge < -0.3 is 0 Å². The van der Waals surface area contributed by atoms with E-state index in [1.165, 1.54) is 12.1 Å². The molecule has 0 radical (unpaired) electrons. The Hall–Kier alpha value is -1.21. The second-order valence-electron chi connectivity index (χ2n) is 4.19. The van der Waals surface area contributed by atoms with E-state index in [9.17, 15) is 8.60 Å². The highest BCUT2D eigenvalue weighted by atomic mass is 32.2. The Bertz CT molecular complexity index is 453. The molecular weight excluding hydrogens is 237 g/mol. The third kappa shape index (κ3) is 4.27. The fraction of sp³-hybridized carbons (Fsp3) is 0.462. The maximum Gasteiger partial charge on any atom is 0.140 e. The van der Waals surface area contributed by atoms with Crippen LogP contribution in [0.4, 0.5) is 4.39 Å². The molecule has 92 valence electrons. The van der Waals surface area contributed by atoms with Crippen LogP contribution in [0, 0.1) is 23.1 Å². The molecule has 0 fully saturated rings. The molecule has 2 unspecified atom stereocenters. The zero-order valence-electron chi connectivity index (χ0n) is 10.1. The van der Waals surface area contributed by atoms with E-state index in [4.69, 9.17) is 5.26 Å². The summed E-state index contributed by atoms with van der Waals surface area (Å²) in [7, 11) is -0.950. The standard InChI is InChI=1S/C13H16FNOS/c1-3-10(2)8-17(16)9-11-4-5-13(14)12(6-11)7-15/h4-6,10H,3,8-9H2,1-2H3. The SMILES string of the molecule is CCC(C)CS(=O)Cc1ccc(F)c(C#N)c1. The molecule has 4 heteroatoms. The third-order valence-corrected chi connectivity index (χ3v) is 4.24. The van der Waals surface area contributed by atoms with Crippen LogP contribution in [0.2, 0.25) is 0 Å². The van der Waals surface area contributed by atoms with Crippen molar-refractivity contribution in [2.24, 2.45) is 5.92 Å². The van der Waals surface area contributed by atoms with E-state index >= 15 is 0 Å². The van der Waals surface area contributed by atoms with Gasteiger partial charge in [-0.2, -0.15) is 5.26 Å². The molecule has 0 spiro atoms. The first-order chi connectivity index (χ1) is 8.06. The molecule has 0 aliphatic carbocycles. The van der Waals surface area contributed by atoms with Gasteiger partial charge in [-0.25, -0.2) is 4.39 Å². The summed E-state index contributed by atoms with van der Waals surface area (Å²) in [6.45, 7) is 4.12. The van der Waals surface area contributed by atoms with Crippen LogP contribution in [0.15, 0.2) is 18.2 Å². The average molecular weight is 253 g/mol. The molecule has 0 N–H and O–H groups in total. The Morgan fingerprint density at radius 3 is 2.82 bits per heavy atom. The van der Waals surface area contributed by atoms with Gasteiger partial charge in [-0.05, 0) is 23.6 Å². The number of nitriles is 1. The van der Waals surface area contributed by atoms with Crippen molar-refractivity contribution in [3.05, 3.63) is 35.1 Å². The molecule has 17 heavy (non-hydrogen) atoms. The zero-order valence-corrected chi connectivity index (χ0v) is 10.9. The molecular formula is C13H16FNOS. The molecule has 0 saturated carbocycles. The van der Waals surface area contributed by atoms with Gasteiger partial charge >= 0.3 is 0 Å². The van der Waals surface area contributed by atoms with Crippen molar-refractivity contribution < 1.29 is 8.60 Å². The summed E-state index contributed by atoms with van der Waals surface area (Å²) < 4.78 is 24.9. The molecule has 0 heterocycles. The summed E-state index contributed by atoms with van der Waals surface area (Å²) in [6.07, 6.45) is 0.999. The lowest BCUT2D eigenvalue weighted by atomic mass is 10.1. The molecule has 0 aromatic heterocycles. The summed E-state index contributed by atoms with van der Waals surface area (Å²) in [6, 6.07) is 6.11. The van der Waals surface area contributed by atoms with Crippen LogP contribution in [-0.4, -0.2) is 9.96 Å². The van der Waals surface area contributed by atoms with Crippen LogP contribution in [0.5, 0.6) is 0 Å². The Kier molecular flexibility index (Phi) is 5.30. The van der Waals surface area contributed by atoms with Gasteiger partial charge in [0.15, 0.2) is 0 Å². The Morgan fingerprint density at radius 2 is 2.24 bits per heavy atom. The molecule has 2 atom stereocenters. The molecule has 1 aromatic carbocycles. The first-order valence-corrected chi connectivity index (χ1v) is 7.09. The van der Waals surface area contributed by atoms with Gasteiger partial charge in [0, 0.05) is 22.3 Å². The van der Waals surface area contributed by atoms with E-state index in [-0.39, 0.29) is 5.56 Å². The lowest BCUT2D eigenvalue weighted by Gasteiger charge is -2.08. The van der Waals surface area contributed by atoms with Gasteiger partial charge in [0.05, 0.1) is 5.56 Å². The molecule has 2 nitrogen and oxygen atoms in total. The van der Waals surface area contributed by atoms with Gasteiger partial charge in [-0.3, -0.25) is 4.21 Å². The lowest BCUT2D eigenvalue weighted by Crippen LogP contribution is -2.09. The number of nitrogens with zero attached hydrogens (tertiary/aromatic N) is 1. The Morgan fingerprint density at radius 1 is 1.53 bits per heavy atom. The number of halogens is 1. The largest absolute Gasteiger partial charge is 0.259 e. The quantitative estimate of drug-likeness (QED) is 0.809. The van der Waals surface area contributed by atoms with Crippen molar-refractivity contribution in [1.82, 2.24) is 0 Å². The zero-order chi connectivity index (χ0) is 12.8. The second kappa shape index (κ2) is 6.51. The van der Waals surface area contributed by atoms with Crippen molar-refractivity contribution in [3.63, 3.8) is 0 Å². The molecule has 0 saturated heterocycles. The van der Waals surface area contributed by atoms with Crippen LogP contribution < -0.4 is 0 Å². The van der Waals surface area contributed by atoms with Crippen molar-refractivity contribution >= 4 is 10.8 Å². The van der Waals surface area contributed by atoms with Gasteiger partial charge in [-0.1, -0.05) is 26.3 Å². The monoisotopic (exact) mass is 253 g/mol. The van der Waals surface area contributed by atoms with Crippen LogP contribution >= 0.6 is 0 Å². The van der Waals surface area contributed by atoms with Gasteiger partial charge in [0.1, 0.15) is 11.9 Å². The number of hydrogen-bond donors (Lipinski definition) is 0. The first-order valence-electron chi connectivity index (χ1n) is 5.60. The molecule has 1 rings (SSSR count). The van der Waals surface area contributed by atoms with E-state index in [2.05, 4.69) is 13.8 Å². The topological polar surface area (TPSA) is 40.9 Å². The van der Waals surface area contributed by atoms with Crippen molar-refractivity contribution in [2.45, 2.75) is 26.0 Å². The molecule has 0 bridgehead atoms. The van der Waals surface area contributed by atoms with Crippen molar-refractivity contribution in [3.8, 4) is 6.07 Å². The average Bonchev–Trinajstić information content (AvgIpc) is 2.31. The summed E-state index contributed by atoms with van der Waals surface area (Å²) >= 11 is 0. The van der Waals surface area contributed by atoms with E-state index in [1.807, 2.05) is 0 Å². The maximum absolute atomic E-state index is 13.1. The van der Waals surface area contributed by atoms with Gasteiger partial charge in [-0.15, -0.1) is 0 Å². The minimum atomic E-state index is -0.950. The Balaban J connectivity index is 2.69. The van der Waals surface area contributed by atoms with E-state index in [0.717, 1.165) is 12.0 Å². The summed E-state index contributed by atoms with van der Waals surface area (Å²) in [4.78, 5) is 0. The first kappa shape index (κ1) is 13.9. The fourth-order valence-corrected chi connectivity index (χ4v) is 2.97. The predicted molar refractivity (Wildman–Crippen MR) is 67.3 cm³/mol. The summed E-state index contributed by atoms with van der Waals surface area (Å²) in [5.74, 6) is 0.936. The van der Waals surface area contributed by atoms with Gasteiger partial charge in [0.25, 0.3) is 0 Å². The predicted octanol–water partition coefficient (Wildman–Crippen LogP) is 2.99. The minimum absolute atomic E-state index is 0.0167. The van der Waals surface area contributed by atoms with Crippen molar-refractivity contribution in [1.29, 1.82) is 5.26 Å². The van der Waals surface area contributed by atoms with Crippen LogP contribution in [0.3, 0.4) is 0 Å². The molecule has 0 aliphatic heterocycles. The number of benzene rings is 1. The van der Waals surface area contributed by atoms with Crippen LogP contribution in [0.1, 0.15) is 31.4 Å². The smallest absolute Gasteiger partial charge is 0.140 e. The normalized spacial score (nSPS) is 14.0. The summed E-state index contributed by atoms with van der Waals surface area (Å²) in [5, 5.41) is 8.69. The lowest BCUT2D eigenvalue weighted by molar-refractivity contribution is 0.614. The Labute approximate surface area is 104 Å². The van der Waals surface area contributed by atoms with E-state index < -0.39 is 16.6 Å². The third-order valence-electron chi connectivity index (χ3n) is 2.65. The minimum Gasteiger partial charge on any atom is -0.259 e. The highest BCUT2D eigenvalue weighted by Gasteiger charge is 2.09. The van der Waals surface area contributed by atoms with Crippen molar-refractivity contribution in [2.75, 3.05) is 5.75 Å². The number of hydrogen-bond acceptors (Lipinski definition) is 2. The highest BCUT2D eigenvalue weighted by molar-refractivity contribution is 7.84.